The smallest absolute Gasteiger partial charge is 0.227 e. The van der Waals surface area contributed by atoms with Gasteiger partial charge in [0.05, 0.1) is 5.41 Å². The first-order valence-electron chi connectivity index (χ1n) is 6.92. The number of rotatable bonds is 4. The van der Waals surface area contributed by atoms with Crippen molar-refractivity contribution in [2.45, 2.75) is 19.4 Å². The molecule has 1 aliphatic rings. The zero-order valence-electron chi connectivity index (χ0n) is 12.0. The lowest BCUT2D eigenvalue weighted by Gasteiger charge is -2.29. The summed E-state index contributed by atoms with van der Waals surface area (Å²) in [5, 5.41) is 3.49. The molecular formula is C15H22ClN3O. The van der Waals surface area contributed by atoms with Crippen LogP contribution in [0, 0.1) is 5.41 Å². The number of nitrogens with zero attached hydrogens (tertiary/aromatic N) is 1. The molecule has 3 N–H and O–H groups in total. The van der Waals surface area contributed by atoms with E-state index in [1.165, 1.54) is 0 Å². The second-order valence-electron chi connectivity index (χ2n) is 5.63. The maximum absolute atomic E-state index is 12.0. The van der Waals surface area contributed by atoms with Crippen molar-refractivity contribution in [3.8, 4) is 0 Å². The molecule has 1 heterocycles. The third-order valence-corrected chi connectivity index (χ3v) is 4.55. The highest BCUT2D eigenvalue weighted by atomic mass is 35.5. The predicted molar refractivity (Wildman–Crippen MR) is 81.6 cm³/mol. The molecule has 1 aromatic rings. The first-order chi connectivity index (χ1) is 9.51. The molecule has 0 aliphatic carbocycles. The van der Waals surface area contributed by atoms with Crippen molar-refractivity contribution >= 4 is 17.5 Å². The molecule has 0 saturated carbocycles. The number of nitrogens with two attached hydrogens (primary N) is 1. The minimum absolute atomic E-state index is 0.0650. The molecule has 2 unspecified atom stereocenters. The minimum atomic E-state index is -0.344. The molecule has 110 valence electrons. The molecule has 1 amide bonds. The summed E-state index contributed by atoms with van der Waals surface area (Å²) in [5.41, 5.74) is 6.65. The van der Waals surface area contributed by atoms with Crippen LogP contribution in [0.25, 0.3) is 0 Å². The molecule has 20 heavy (non-hydrogen) atoms. The van der Waals surface area contributed by atoms with Crippen LogP contribution in [0.4, 0.5) is 0 Å². The van der Waals surface area contributed by atoms with E-state index in [2.05, 4.69) is 10.2 Å². The highest BCUT2D eigenvalue weighted by Gasteiger charge is 2.42. The van der Waals surface area contributed by atoms with Gasteiger partial charge in [-0.15, -0.1) is 0 Å². The van der Waals surface area contributed by atoms with Crippen LogP contribution in [0.3, 0.4) is 0 Å². The van der Waals surface area contributed by atoms with E-state index in [4.69, 9.17) is 17.3 Å². The molecule has 1 aliphatic heterocycles. The van der Waals surface area contributed by atoms with Gasteiger partial charge in [-0.3, -0.25) is 9.69 Å². The van der Waals surface area contributed by atoms with E-state index >= 15 is 0 Å². The summed E-state index contributed by atoms with van der Waals surface area (Å²) >= 11 is 6.28. The van der Waals surface area contributed by atoms with Crippen LogP contribution in [-0.4, -0.2) is 37.5 Å². The monoisotopic (exact) mass is 295 g/mol. The van der Waals surface area contributed by atoms with E-state index in [1.54, 1.807) is 7.05 Å². The van der Waals surface area contributed by atoms with Gasteiger partial charge >= 0.3 is 0 Å². The average molecular weight is 296 g/mol. The Hall–Kier alpha value is -1.10. The van der Waals surface area contributed by atoms with E-state index in [1.807, 2.05) is 31.2 Å². The molecule has 0 bridgehead atoms. The van der Waals surface area contributed by atoms with Crippen molar-refractivity contribution in [3.05, 3.63) is 34.9 Å². The van der Waals surface area contributed by atoms with Crippen molar-refractivity contribution in [2.75, 3.05) is 26.7 Å². The Morgan fingerprint density at radius 3 is 2.85 bits per heavy atom. The number of benzene rings is 1. The number of hydrogen-bond donors (Lipinski definition) is 2. The standard InChI is InChI=1S/C15H22ClN3O/c1-15(14(20)18-2)7-8-19(10-15)13(9-17)11-5-3-4-6-12(11)16/h3-6,13H,7-10,17H2,1-2H3,(H,18,20). The maximum Gasteiger partial charge on any atom is 0.227 e. The molecule has 5 heteroatoms. The Morgan fingerprint density at radius 2 is 2.25 bits per heavy atom. The summed E-state index contributed by atoms with van der Waals surface area (Å²) in [4.78, 5) is 14.3. The first-order valence-corrected chi connectivity index (χ1v) is 7.30. The van der Waals surface area contributed by atoms with E-state index in [-0.39, 0.29) is 17.4 Å². The molecule has 1 saturated heterocycles. The van der Waals surface area contributed by atoms with E-state index < -0.39 is 0 Å². The van der Waals surface area contributed by atoms with Gasteiger partial charge in [0.2, 0.25) is 5.91 Å². The molecule has 2 rings (SSSR count). The van der Waals surface area contributed by atoms with Crippen molar-refractivity contribution < 1.29 is 4.79 Å². The van der Waals surface area contributed by atoms with E-state index in [0.717, 1.165) is 23.6 Å². The van der Waals surface area contributed by atoms with Crippen LogP contribution in [0.15, 0.2) is 24.3 Å². The molecule has 2 atom stereocenters. The predicted octanol–water partition coefficient (Wildman–Crippen LogP) is 1.80. The highest BCUT2D eigenvalue weighted by molar-refractivity contribution is 6.31. The third-order valence-electron chi connectivity index (χ3n) is 4.21. The Bertz CT molecular complexity index is 494. The quantitative estimate of drug-likeness (QED) is 0.890. The first kappa shape index (κ1) is 15.3. The van der Waals surface area contributed by atoms with Crippen LogP contribution in [-0.2, 0) is 4.79 Å². The number of hydrogen-bond acceptors (Lipinski definition) is 3. The second-order valence-corrected chi connectivity index (χ2v) is 6.04. The van der Waals surface area contributed by atoms with Gasteiger partial charge in [-0.05, 0) is 31.5 Å². The lowest BCUT2D eigenvalue weighted by atomic mass is 9.89. The average Bonchev–Trinajstić information content (AvgIpc) is 2.84. The van der Waals surface area contributed by atoms with Gasteiger partial charge in [0, 0.05) is 31.2 Å². The zero-order valence-corrected chi connectivity index (χ0v) is 12.8. The minimum Gasteiger partial charge on any atom is -0.359 e. The van der Waals surface area contributed by atoms with Crippen LogP contribution in [0.1, 0.15) is 24.9 Å². The lowest BCUT2D eigenvalue weighted by molar-refractivity contribution is -0.129. The fourth-order valence-corrected chi connectivity index (χ4v) is 3.23. The van der Waals surface area contributed by atoms with Gasteiger partial charge in [0.15, 0.2) is 0 Å². The number of nitrogens with one attached hydrogen (secondary N) is 1. The van der Waals surface area contributed by atoms with Crippen molar-refractivity contribution in [1.29, 1.82) is 0 Å². The van der Waals surface area contributed by atoms with Crippen molar-refractivity contribution in [1.82, 2.24) is 10.2 Å². The molecular weight excluding hydrogens is 274 g/mol. The second kappa shape index (κ2) is 6.12. The number of amides is 1. The van der Waals surface area contributed by atoms with Gasteiger partial charge in [0.1, 0.15) is 0 Å². The SMILES string of the molecule is CNC(=O)C1(C)CCN(C(CN)c2ccccc2Cl)C1. The molecule has 0 aromatic heterocycles. The zero-order chi connectivity index (χ0) is 14.8. The molecule has 1 aromatic carbocycles. The Morgan fingerprint density at radius 1 is 1.55 bits per heavy atom. The van der Waals surface area contributed by atoms with Gasteiger partial charge in [-0.25, -0.2) is 0 Å². The summed E-state index contributed by atoms with van der Waals surface area (Å²) in [5.74, 6) is 0.0925. The lowest BCUT2D eigenvalue weighted by Crippen LogP contribution is -2.40. The number of halogens is 1. The summed E-state index contributed by atoms with van der Waals surface area (Å²) in [6.45, 7) is 4.07. The summed E-state index contributed by atoms with van der Waals surface area (Å²) in [6.07, 6.45) is 0.841. The number of carbonyl (C=O) groups excluding carboxylic acids is 1. The van der Waals surface area contributed by atoms with E-state index in [0.29, 0.717) is 13.1 Å². The van der Waals surface area contributed by atoms with Gasteiger partial charge in [0.25, 0.3) is 0 Å². The summed E-state index contributed by atoms with van der Waals surface area (Å²) in [7, 11) is 1.69. The fourth-order valence-electron chi connectivity index (χ4n) is 2.97. The van der Waals surface area contributed by atoms with Gasteiger partial charge in [-0.1, -0.05) is 29.8 Å². The molecule has 4 nitrogen and oxygen atoms in total. The maximum atomic E-state index is 12.0. The molecule has 1 fully saturated rings. The van der Waals surface area contributed by atoms with E-state index in [9.17, 15) is 4.79 Å². The Kier molecular flexibility index (Phi) is 4.68. The van der Waals surface area contributed by atoms with Crippen LogP contribution in [0.2, 0.25) is 5.02 Å². The summed E-state index contributed by atoms with van der Waals surface area (Å²) in [6, 6.07) is 7.84. The van der Waals surface area contributed by atoms with Gasteiger partial charge in [-0.2, -0.15) is 0 Å². The number of likely N-dealkylation sites (tertiary alicyclic amines) is 1. The number of carbonyl (C=O) groups is 1. The largest absolute Gasteiger partial charge is 0.359 e. The normalized spacial score (nSPS) is 24.6. The van der Waals surface area contributed by atoms with Crippen LogP contribution >= 0.6 is 11.6 Å². The highest BCUT2D eigenvalue weighted by Crippen LogP contribution is 2.36. The van der Waals surface area contributed by atoms with Crippen LogP contribution in [0.5, 0.6) is 0 Å². The Balaban J connectivity index is 2.19. The Labute approximate surface area is 125 Å². The third kappa shape index (κ3) is 2.82. The molecule has 0 radical (unpaired) electrons. The molecule has 0 spiro atoms. The van der Waals surface area contributed by atoms with Crippen molar-refractivity contribution in [3.63, 3.8) is 0 Å². The van der Waals surface area contributed by atoms with Gasteiger partial charge < -0.3 is 11.1 Å². The topological polar surface area (TPSA) is 58.4 Å². The van der Waals surface area contributed by atoms with Crippen molar-refractivity contribution in [2.24, 2.45) is 11.1 Å². The van der Waals surface area contributed by atoms with Crippen LogP contribution < -0.4 is 11.1 Å². The fraction of sp³-hybridized carbons (Fsp3) is 0.533. The summed E-state index contributed by atoms with van der Waals surface area (Å²) < 4.78 is 0.